The van der Waals surface area contributed by atoms with Gasteiger partial charge in [0.1, 0.15) is 0 Å². The molecule has 0 N–H and O–H groups in total. The van der Waals surface area contributed by atoms with Crippen molar-refractivity contribution in [1.29, 1.82) is 5.26 Å². The van der Waals surface area contributed by atoms with Gasteiger partial charge in [-0.15, -0.1) is 0 Å². The van der Waals surface area contributed by atoms with Crippen LogP contribution in [0.25, 0.3) is 0 Å². The van der Waals surface area contributed by atoms with E-state index in [1.165, 1.54) is 0 Å². The summed E-state index contributed by atoms with van der Waals surface area (Å²) in [6.45, 7) is 16.9. The van der Waals surface area contributed by atoms with Crippen molar-refractivity contribution in [2.24, 2.45) is 0 Å². The highest BCUT2D eigenvalue weighted by Gasteiger charge is 2.27. The van der Waals surface area contributed by atoms with E-state index < -0.39 is 16.6 Å². The molecule has 4 nitrogen and oxygen atoms in total. The van der Waals surface area contributed by atoms with Crippen molar-refractivity contribution in [3.63, 3.8) is 0 Å². The molecular formula is C14H31N2O2PSi. The lowest BCUT2D eigenvalue weighted by atomic mass is 10.3. The molecule has 0 aliphatic carbocycles. The monoisotopic (exact) mass is 318 g/mol. The van der Waals surface area contributed by atoms with Crippen LogP contribution in [0, 0.1) is 11.3 Å². The van der Waals surface area contributed by atoms with Crippen LogP contribution in [-0.4, -0.2) is 38.0 Å². The van der Waals surface area contributed by atoms with Gasteiger partial charge >= 0.3 is 0 Å². The normalized spacial score (nSPS) is 14.1. The van der Waals surface area contributed by atoms with Crippen molar-refractivity contribution in [3.8, 4) is 6.07 Å². The van der Waals surface area contributed by atoms with E-state index in [0.717, 1.165) is 12.7 Å². The smallest absolute Gasteiger partial charge is 0.259 e. The molecule has 0 spiro atoms. The quantitative estimate of drug-likeness (QED) is 0.335. The maximum atomic E-state index is 8.65. The predicted molar refractivity (Wildman–Crippen MR) is 89.3 cm³/mol. The zero-order valence-electron chi connectivity index (χ0n) is 14.1. The van der Waals surface area contributed by atoms with Gasteiger partial charge in [0.15, 0.2) is 0 Å². The summed E-state index contributed by atoms with van der Waals surface area (Å²) in [6, 6.07) is 4.00. The molecule has 0 aromatic carbocycles. The van der Waals surface area contributed by atoms with Gasteiger partial charge in [-0.05, 0) is 33.7 Å². The van der Waals surface area contributed by atoms with Crippen molar-refractivity contribution >= 4 is 16.6 Å². The summed E-state index contributed by atoms with van der Waals surface area (Å²) in [7, 11) is -2.16. The molecule has 0 radical (unpaired) electrons. The first-order chi connectivity index (χ1) is 9.19. The first-order valence-electron chi connectivity index (χ1n) is 7.40. The highest BCUT2D eigenvalue weighted by Crippen LogP contribution is 2.46. The highest BCUT2D eigenvalue weighted by molar-refractivity contribution is 7.44. The summed E-state index contributed by atoms with van der Waals surface area (Å²) in [5.74, 6) is 0. The summed E-state index contributed by atoms with van der Waals surface area (Å²) < 4.78 is 14.2. The first-order valence-corrected chi connectivity index (χ1v) is 12.2. The number of hydrogen-bond donors (Lipinski definition) is 0. The van der Waals surface area contributed by atoms with Gasteiger partial charge in [0.2, 0.25) is 0 Å². The number of nitriles is 1. The molecule has 0 aliphatic rings. The van der Waals surface area contributed by atoms with Crippen LogP contribution in [0.15, 0.2) is 0 Å². The molecule has 0 aromatic heterocycles. The number of rotatable bonds is 10. The van der Waals surface area contributed by atoms with E-state index in [0.29, 0.717) is 25.1 Å². The van der Waals surface area contributed by atoms with Crippen LogP contribution in [0.4, 0.5) is 0 Å². The Morgan fingerprint density at radius 2 is 1.55 bits per heavy atom. The van der Waals surface area contributed by atoms with E-state index in [9.17, 15) is 0 Å². The Kier molecular flexibility index (Phi) is 9.87. The topological polar surface area (TPSA) is 45.5 Å². The van der Waals surface area contributed by atoms with Crippen molar-refractivity contribution < 1.29 is 9.05 Å². The first kappa shape index (κ1) is 20.0. The minimum absolute atomic E-state index is 0.370. The van der Waals surface area contributed by atoms with Gasteiger partial charge in [0, 0.05) is 20.2 Å². The van der Waals surface area contributed by atoms with E-state index in [4.69, 9.17) is 14.3 Å². The lowest BCUT2D eigenvalue weighted by molar-refractivity contribution is 0.181. The molecule has 0 aliphatic heterocycles. The fraction of sp³-hybridized carbons (Fsp3) is 0.929. The second-order valence-corrected chi connectivity index (χ2v) is 13.8. The Hall–Kier alpha value is 0.0169. The molecule has 0 bridgehead atoms. The third-order valence-electron chi connectivity index (χ3n) is 2.72. The lowest BCUT2D eigenvalue weighted by Crippen LogP contribution is -2.34. The SMILES string of the molecule is CC(C)N(C(C)C)P(OCCC#N)OCC[Si](C)(C)C. The van der Waals surface area contributed by atoms with Crippen LogP contribution in [0.2, 0.25) is 25.7 Å². The molecule has 0 rings (SSSR count). The highest BCUT2D eigenvalue weighted by atomic mass is 31.2. The second-order valence-electron chi connectivity index (χ2n) is 6.69. The van der Waals surface area contributed by atoms with E-state index in [1.54, 1.807) is 0 Å². The molecule has 6 heteroatoms. The Bertz CT molecular complexity index is 293. The van der Waals surface area contributed by atoms with Crippen LogP contribution >= 0.6 is 8.53 Å². The molecule has 118 valence electrons. The van der Waals surface area contributed by atoms with Gasteiger partial charge in [0.05, 0.1) is 25.7 Å². The Labute approximate surface area is 127 Å². The fourth-order valence-electron chi connectivity index (χ4n) is 1.74. The average molecular weight is 318 g/mol. The number of nitrogens with zero attached hydrogens (tertiary/aromatic N) is 2. The Morgan fingerprint density at radius 1 is 1.05 bits per heavy atom. The standard InChI is InChI=1S/C14H31N2O2PSi/c1-13(2)16(14(3)4)19(17-10-8-9-15)18-11-12-20(5,6)7/h13-14H,8,10-12H2,1-7H3. The van der Waals surface area contributed by atoms with Crippen molar-refractivity contribution in [1.82, 2.24) is 4.67 Å². The van der Waals surface area contributed by atoms with Crippen LogP contribution in [-0.2, 0) is 9.05 Å². The van der Waals surface area contributed by atoms with Gasteiger partial charge < -0.3 is 9.05 Å². The third kappa shape index (κ3) is 9.04. The average Bonchev–Trinajstić information content (AvgIpc) is 2.26. The maximum Gasteiger partial charge on any atom is 0.259 e. The lowest BCUT2D eigenvalue weighted by Gasteiger charge is -2.35. The van der Waals surface area contributed by atoms with Crippen LogP contribution < -0.4 is 0 Å². The molecule has 0 heterocycles. The molecule has 0 amide bonds. The van der Waals surface area contributed by atoms with Crippen LogP contribution in [0.1, 0.15) is 34.1 Å². The van der Waals surface area contributed by atoms with Crippen LogP contribution in [0.3, 0.4) is 0 Å². The van der Waals surface area contributed by atoms with Gasteiger partial charge in [-0.3, -0.25) is 0 Å². The Morgan fingerprint density at radius 3 is 1.95 bits per heavy atom. The van der Waals surface area contributed by atoms with Gasteiger partial charge in [0.25, 0.3) is 8.53 Å². The molecule has 0 fully saturated rings. The summed E-state index contributed by atoms with van der Waals surface area (Å²) in [4.78, 5) is 0. The molecule has 0 saturated carbocycles. The molecule has 1 unspecified atom stereocenters. The van der Waals surface area contributed by atoms with Gasteiger partial charge in [-0.2, -0.15) is 5.26 Å². The molecule has 0 saturated heterocycles. The maximum absolute atomic E-state index is 8.65. The van der Waals surface area contributed by atoms with E-state index in [1.807, 2.05) is 0 Å². The zero-order chi connectivity index (χ0) is 15.8. The van der Waals surface area contributed by atoms with Crippen molar-refractivity contribution in [3.05, 3.63) is 0 Å². The van der Waals surface area contributed by atoms with Crippen LogP contribution in [0.5, 0.6) is 0 Å². The minimum Gasteiger partial charge on any atom is -0.322 e. The molecule has 1 atom stereocenters. The molecule has 20 heavy (non-hydrogen) atoms. The molecular weight excluding hydrogens is 287 g/mol. The van der Waals surface area contributed by atoms with E-state index in [2.05, 4.69) is 58.1 Å². The third-order valence-corrected chi connectivity index (χ3v) is 6.53. The largest absolute Gasteiger partial charge is 0.322 e. The summed E-state index contributed by atoms with van der Waals surface area (Å²) in [5.41, 5.74) is 0. The predicted octanol–water partition coefficient (Wildman–Crippen LogP) is 4.62. The second kappa shape index (κ2) is 9.86. The van der Waals surface area contributed by atoms with E-state index in [-0.39, 0.29) is 0 Å². The Balaban J connectivity index is 4.57. The van der Waals surface area contributed by atoms with Gasteiger partial charge in [-0.1, -0.05) is 19.6 Å². The zero-order valence-corrected chi connectivity index (χ0v) is 16.0. The minimum atomic E-state index is -1.09. The van der Waals surface area contributed by atoms with Crippen molar-refractivity contribution in [2.45, 2.75) is 71.9 Å². The molecule has 0 aromatic rings. The summed E-state index contributed by atoms with van der Waals surface area (Å²) in [6.07, 6.45) is 0.417. The number of hydrogen-bond acceptors (Lipinski definition) is 4. The van der Waals surface area contributed by atoms with E-state index >= 15 is 0 Å². The van der Waals surface area contributed by atoms with Gasteiger partial charge in [-0.25, -0.2) is 4.67 Å². The fourth-order valence-corrected chi connectivity index (χ4v) is 4.22. The summed E-state index contributed by atoms with van der Waals surface area (Å²) >= 11 is 0. The van der Waals surface area contributed by atoms with Crippen molar-refractivity contribution in [2.75, 3.05) is 13.2 Å². The summed E-state index contributed by atoms with van der Waals surface area (Å²) in [5, 5.41) is 8.65.